The van der Waals surface area contributed by atoms with Gasteiger partial charge < -0.3 is 14.2 Å². The zero-order chi connectivity index (χ0) is 23.3. The third-order valence-corrected chi connectivity index (χ3v) is 4.99. The first-order valence-electron chi connectivity index (χ1n) is 11.2. The minimum absolute atomic E-state index is 0.368. The van der Waals surface area contributed by atoms with Crippen LogP contribution in [0.15, 0.2) is 48.5 Å². The van der Waals surface area contributed by atoms with Crippen LogP contribution in [0.2, 0.25) is 0 Å². The lowest BCUT2D eigenvalue weighted by Gasteiger charge is -2.13. The summed E-state index contributed by atoms with van der Waals surface area (Å²) >= 11 is 0. The lowest BCUT2D eigenvalue weighted by atomic mass is 10.1. The number of hydrogen-bond donors (Lipinski definition) is 0. The maximum Gasteiger partial charge on any atom is 0.374 e. The Morgan fingerprint density at radius 2 is 1.41 bits per heavy atom. The molecule has 0 fully saturated rings. The van der Waals surface area contributed by atoms with Crippen LogP contribution in [-0.4, -0.2) is 24.3 Å². The van der Waals surface area contributed by atoms with E-state index in [2.05, 4.69) is 6.92 Å². The molecular weight excluding hydrogens is 408 g/mol. The SMILES string of the molecule is CCCCCCCCOc1ccc(C(=O)Oc2ccc(C(C)OC(=O)C(C)=O)cc2)cc1. The van der Waals surface area contributed by atoms with Gasteiger partial charge in [0.1, 0.15) is 17.6 Å². The largest absolute Gasteiger partial charge is 0.494 e. The molecule has 0 radical (unpaired) electrons. The zero-order valence-electron chi connectivity index (χ0n) is 19.1. The summed E-state index contributed by atoms with van der Waals surface area (Å²) in [7, 11) is 0. The van der Waals surface area contributed by atoms with Gasteiger partial charge in [-0.15, -0.1) is 0 Å². The molecule has 32 heavy (non-hydrogen) atoms. The van der Waals surface area contributed by atoms with E-state index in [1.165, 1.54) is 32.1 Å². The molecule has 0 saturated heterocycles. The fourth-order valence-corrected chi connectivity index (χ4v) is 3.04. The van der Waals surface area contributed by atoms with Crippen molar-refractivity contribution in [1.82, 2.24) is 0 Å². The van der Waals surface area contributed by atoms with E-state index in [0.29, 0.717) is 23.5 Å². The van der Waals surface area contributed by atoms with Crippen LogP contribution in [0, 0.1) is 0 Å². The molecule has 1 atom stereocenters. The fraction of sp³-hybridized carbons (Fsp3) is 0.423. The van der Waals surface area contributed by atoms with Gasteiger partial charge in [-0.05, 0) is 55.3 Å². The van der Waals surface area contributed by atoms with Crippen molar-refractivity contribution in [2.45, 2.75) is 65.4 Å². The second kappa shape index (κ2) is 13.3. The average molecular weight is 441 g/mol. The second-order valence-electron chi connectivity index (χ2n) is 7.70. The topological polar surface area (TPSA) is 78.9 Å². The van der Waals surface area contributed by atoms with Gasteiger partial charge in [-0.3, -0.25) is 4.79 Å². The number of ketones is 1. The smallest absolute Gasteiger partial charge is 0.374 e. The van der Waals surface area contributed by atoms with Crippen molar-refractivity contribution in [2.24, 2.45) is 0 Å². The molecule has 0 aliphatic heterocycles. The predicted molar refractivity (Wildman–Crippen MR) is 122 cm³/mol. The zero-order valence-corrected chi connectivity index (χ0v) is 19.1. The van der Waals surface area contributed by atoms with Gasteiger partial charge in [-0.2, -0.15) is 0 Å². The van der Waals surface area contributed by atoms with E-state index in [1.807, 2.05) is 0 Å². The van der Waals surface area contributed by atoms with Gasteiger partial charge in [-0.25, -0.2) is 9.59 Å². The van der Waals surface area contributed by atoms with Crippen molar-refractivity contribution >= 4 is 17.7 Å². The normalized spacial score (nSPS) is 11.5. The maximum absolute atomic E-state index is 12.4. The van der Waals surface area contributed by atoms with Crippen LogP contribution in [0.4, 0.5) is 0 Å². The van der Waals surface area contributed by atoms with Crippen molar-refractivity contribution in [2.75, 3.05) is 6.61 Å². The molecule has 0 aliphatic rings. The van der Waals surface area contributed by atoms with Crippen LogP contribution < -0.4 is 9.47 Å². The summed E-state index contributed by atoms with van der Waals surface area (Å²) in [5.41, 5.74) is 1.11. The minimum atomic E-state index is -0.882. The van der Waals surface area contributed by atoms with E-state index in [0.717, 1.165) is 19.1 Å². The highest BCUT2D eigenvalue weighted by molar-refractivity contribution is 6.32. The number of rotatable bonds is 13. The first-order chi connectivity index (χ1) is 15.4. The first-order valence-corrected chi connectivity index (χ1v) is 11.2. The standard InChI is InChI=1S/C26H32O6/c1-4-5-6-7-8-9-18-30-23-14-12-22(13-15-23)26(29)32-24-16-10-21(11-17-24)20(3)31-25(28)19(2)27/h10-17,20H,4-9,18H2,1-3H3. The van der Waals surface area contributed by atoms with E-state index >= 15 is 0 Å². The molecule has 2 aromatic rings. The summed E-state index contributed by atoms with van der Waals surface area (Å²) < 4.78 is 16.2. The molecule has 0 amide bonds. The number of benzene rings is 2. The Labute approximate surface area is 189 Å². The summed E-state index contributed by atoms with van der Waals surface area (Å²) in [6.45, 7) is 5.70. The van der Waals surface area contributed by atoms with Crippen molar-refractivity contribution < 1.29 is 28.6 Å². The molecule has 0 aromatic heterocycles. The van der Waals surface area contributed by atoms with Gasteiger partial charge in [0, 0.05) is 6.92 Å². The van der Waals surface area contributed by atoms with E-state index in [4.69, 9.17) is 14.2 Å². The van der Waals surface area contributed by atoms with Crippen LogP contribution in [-0.2, 0) is 14.3 Å². The highest BCUT2D eigenvalue weighted by atomic mass is 16.5. The molecule has 2 aromatic carbocycles. The number of esters is 2. The molecule has 6 nitrogen and oxygen atoms in total. The van der Waals surface area contributed by atoms with Crippen molar-refractivity contribution in [3.8, 4) is 11.5 Å². The summed E-state index contributed by atoms with van der Waals surface area (Å²) in [4.78, 5) is 34.8. The molecular formula is C26H32O6. The molecule has 0 spiro atoms. The number of Topliss-reactive ketones (excluding diaryl/α,β-unsaturated/α-hetero) is 1. The maximum atomic E-state index is 12.4. The number of carbonyl (C=O) groups excluding carboxylic acids is 3. The van der Waals surface area contributed by atoms with Gasteiger partial charge in [-0.1, -0.05) is 51.2 Å². The van der Waals surface area contributed by atoms with E-state index in [-0.39, 0.29) is 0 Å². The molecule has 0 aliphatic carbocycles. The Morgan fingerprint density at radius 1 is 0.812 bits per heavy atom. The van der Waals surface area contributed by atoms with Crippen LogP contribution in [0.3, 0.4) is 0 Å². The number of unbranched alkanes of at least 4 members (excludes halogenated alkanes) is 5. The third-order valence-electron chi connectivity index (χ3n) is 4.99. The average Bonchev–Trinajstić information content (AvgIpc) is 2.79. The number of hydrogen-bond acceptors (Lipinski definition) is 6. The van der Waals surface area contributed by atoms with Crippen LogP contribution in [0.1, 0.15) is 81.3 Å². The van der Waals surface area contributed by atoms with Crippen molar-refractivity contribution in [1.29, 1.82) is 0 Å². The lowest BCUT2D eigenvalue weighted by molar-refractivity contribution is -0.156. The van der Waals surface area contributed by atoms with Gasteiger partial charge >= 0.3 is 11.9 Å². The quantitative estimate of drug-likeness (QED) is 0.169. The monoisotopic (exact) mass is 440 g/mol. The van der Waals surface area contributed by atoms with Crippen molar-refractivity contribution in [3.05, 3.63) is 59.7 Å². The Balaban J connectivity index is 1.79. The van der Waals surface area contributed by atoms with Crippen LogP contribution >= 0.6 is 0 Å². The summed E-state index contributed by atoms with van der Waals surface area (Å²) in [5, 5.41) is 0. The van der Waals surface area contributed by atoms with Crippen LogP contribution in [0.25, 0.3) is 0 Å². The molecule has 0 bridgehead atoms. The predicted octanol–water partition coefficient (Wildman–Crippen LogP) is 5.84. The second-order valence-corrected chi connectivity index (χ2v) is 7.70. The molecule has 1 unspecified atom stereocenters. The van der Waals surface area contributed by atoms with E-state index < -0.39 is 23.8 Å². The molecule has 0 heterocycles. The number of ether oxygens (including phenoxy) is 3. The van der Waals surface area contributed by atoms with E-state index in [1.54, 1.807) is 55.5 Å². The summed E-state index contributed by atoms with van der Waals surface area (Å²) in [6, 6.07) is 13.5. The van der Waals surface area contributed by atoms with Crippen molar-refractivity contribution in [3.63, 3.8) is 0 Å². The Hall–Kier alpha value is -3.15. The lowest BCUT2D eigenvalue weighted by Crippen LogP contribution is -2.16. The van der Waals surface area contributed by atoms with Gasteiger partial charge in [0.25, 0.3) is 0 Å². The first kappa shape index (κ1) is 25.1. The van der Waals surface area contributed by atoms with Gasteiger partial charge in [0.2, 0.25) is 5.78 Å². The fourth-order valence-electron chi connectivity index (χ4n) is 3.04. The summed E-state index contributed by atoms with van der Waals surface area (Å²) in [6.07, 6.45) is 6.67. The molecule has 6 heteroatoms. The molecule has 2 rings (SSSR count). The Kier molecular flexibility index (Phi) is 10.4. The molecule has 172 valence electrons. The highest BCUT2D eigenvalue weighted by Gasteiger charge is 2.16. The Morgan fingerprint density at radius 3 is 2.03 bits per heavy atom. The van der Waals surface area contributed by atoms with Gasteiger partial charge in [0.15, 0.2) is 0 Å². The van der Waals surface area contributed by atoms with Crippen LogP contribution in [0.5, 0.6) is 11.5 Å². The Bertz CT molecular complexity index is 870. The summed E-state index contributed by atoms with van der Waals surface area (Å²) in [5.74, 6) is -0.911. The van der Waals surface area contributed by atoms with Gasteiger partial charge in [0.05, 0.1) is 12.2 Å². The minimum Gasteiger partial charge on any atom is -0.494 e. The molecule has 0 N–H and O–H groups in total. The molecule has 0 saturated carbocycles. The third kappa shape index (κ3) is 8.53. The van der Waals surface area contributed by atoms with E-state index in [9.17, 15) is 14.4 Å². The highest BCUT2D eigenvalue weighted by Crippen LogP contribution is 2.22. The number of carbonyl (C=O) groups is 3.